The molecular formula is C50H66CoN10O2. The fourth-order valence-corrected chi connectivity index (χ4v) is 8.82. The Morgan fingerprint density at radius 2 is 0.810 bits per heavy atom. The number of piperidine rings is 2. The molecule has 0 amide bonds. The van der Waals surface area contributed by atoms with Crippen LogP contribution in [0.4, 0.5) is 11.4 Å². The number of aliphatic hydroxyl groups excluding tert-OH is 2. The Labute approximate surface area is 385 Å². The Balaban J connectivity index is 0.000000206. The number of likely N-dealkylation sites (tertiary alicyclic amines) is 2. The van der Waals surface area contributed by atoms with Crippen LogP contribution in [0.3, 0.4) is 0 Å². The van der Waals surface area contributed by atoms with Crippen LogP contribution in [0.15, 0.2) is 154 Å². The molecule has 4 aromatic carbocycles. The number of rotatable bonds is 10. The average molecular weight is 898 g/mol. The summed E-state index contributed by atoms with van der Waals surface area (Å²) >= 11 is 0. The van der Waals surface area contributed by atoms with Crippen LogP contribution in [0.1, 0.15) is 89.7 Å². The van der Waals surface area contributed by atoms with E-state index in [1.54, 1.807) is 0 Å². The molecule has 4 aliphatic rings. The molecule has 4 atom stereocenters. The summed E-state index contributed by atoms with van der Waals surface area (Å²) in [5.41, 5.74) is 5.78. The summed E-state index contributed by atoms with van der Waals surface area (Å²) in [4.78, 5) is 15.1. The minimum absolute atomic E-state index is 0. The van der Waals surface area contributed by atoms with E-state index in [1.165, 1.54) is 49.7 Å². The number of hydrazine groups is 2. The Morgan fingerprint density at radius 1 is 0.508 bits per heavy atom. The van der Waals surface area contributed by atoms with Crippen LogP contribution >= 0.6 is 0 Å². The molecule has 4 N–H and O–H groups in total. The molecule has 2 fully saturated rings. The van der Waals surface area contributed by atoms with E-state index in [1.807, 2.05) is 121 Å². The molecule has 4 aliphatic heterocycles. The maximum absolute atomic E-state index is 11.0. The predicted molar refractivity (Wildman–Crippen MR) is 253 cm³/mol. The van der Waals surface area contributed by atoms with Crippen molar-refractivity contribution >= 4 is 23.0 Å². The van der Waals surface area contributed by atoms with Crippen molar-refractivity contribution in [1.29, 1.82) is 0 Å². The smallest absolute Gasteiger partial charge is 0.228 e. The van der Waals surface area contributed by atoms with Gasteiger partial charge in [-0.05, 0) is 88.8 Å². The molecular weight excluding hydrogens is 832 g/mol. The summed E-state index contributed by atoms with van der Waals surface area (Å²) in [5.74, 6) is 2.03. The number of benzene rings is 4. The number of aliphatic imine (C=N–C) groups is 2. The van der Waals surface area contributed by atoms with Gasteiger partial charge in [-0.3, -0.25) is 9.80 Å². The van der Waals surface area contributed by atoms with E-state index in [2.05, 4.69) is 82.8 Å². The van der Waals surface area contributed by atoms with Gasteiger partial charge in [0.15, 0.2) is 0 Å². The first-order valence-corrected chi connectivity index (χ1v) is 22.3. The Bertz CT molecular complexity index is 2010. The van der Waals surface area contributed by atoms with E-state index < -0.39 is 0 Å². The van der Waals surface area contributed by atoms with Gasteiger partial charge in [0.1, 0.15) is 12.3 Å². The van der Waals surface area contributed by atoms with Gasteiger partial charge in [-0.15, -0.1) is 0 Å². The predicted octanol–water partition coefficient (Wildman–Crippen LogP) is 9.32. The topological polar surface area (TPSA) is 109 Å². The number of hydrogen-bond acceptors (Lipinski definition) is 10. The molecule has 0 saturated carbocycles. The van der Waals surface area contributed by atoms with E-state index in [-0.39, 0.29) is 53.0 Å². The summed E-state index contributed by atoms with van der Waals surface area (Å²) in [7, 11) is 3.96. The zero-order valence-corrected chi connectivity index (χ0v) is 38.8. The molecule has 4 aromatic rings. The molecule has 1 radical (unpaired) electrons. The number of hydrogen-bond donors (Lipinski definition) is 4. The first-order chi connectivity index (χ1) is 30.1. The standard InChI is InChI=1S/2C25H33N5O.Co/c2*1-19-23(25(31)30(28(19)3)22-15-9-5-10-16-22)26-20(2)27-24(21-13-7-4-8-14-21)29-17-11-6-12-18-29;/h2*4-5,7-10,13-16,19,24,31H,6,11-12,17-18H2,1-3H3,(H,26,27);. The summed E-state index contributed by atoms with van der Waals surface area (Å²) in [6.07, 6.45) is 7.40. The first-order valence-electron chi connectivity index (χ1n) is 22.3. The van der Waals surface area contributed by atoms with E-state index in [4.69, 9.17) is 9.98 Å². The van der Waals surface area contributed by atoms with Crippen molar-refractivity contribution in [1.82, 2.24) is 30.5 Å². The number of amidine groups is 2. The second kappa shape index (κ2) is 22.5. The van der Waals surface area contributed by atoms with Gasteiger partial charge in [0.05, 0.1) is 46.5 Å². The van der Waals surface area contributed by atoms with Crippen LogP contribution in [-0.4, -0.2) is 94.1 Å². The SMILES string of the molecule is C/C(=N\C(c1ccccc1)N1CCCCC1)NC1=C(O)N(c2ccccc2)N(C)C1C.C/C(=N\C(c1ccccc1)N1CCCCC1)NC1=C(O)N(c2ccccc2)N(C)C1C.[Co]. The molecule has 63 heavy (non-hydrogen) atoms. The average Bonchev–Trinajstić information content (AvgIpc) is 3.66. The Morgan fingerprint density at radius 3 is 1.13 bits per heavy atom. The van der Waals surface area contributed by atoms with Gasteiger partial charge in [-0.2, -0.15) is 0 Å². The molecule has 4 unspecified atom stereocenters. The number of para-hydroxylation sites is 2. The van der Waals surface area contributed by atoms with Gasteiger partial charge < -0.3 is 20.8 Å². The molecule has 12 nitrogen and oxygen atoms in total. The van der Waals surface area contributed by atoms with E-state index in [0.717, 1.165) is 60.6 Å². The zero-order valence-electron chi connectivity index (χ0n) is 37.7. The van der Waals surface area contributed by atoms with Crippen LogP contribution in [0.25, 0.3) is 0 Å². The molecule has 337 valence electrons. The third-order valence-electron chi connectivity index (χ3n) is 12.4. The van der Waals surface area contributed by atoms with Gasteiger partial charge in [0.25, 0.3) is 0 Å². The van der Waals surface area contributed by atoms with Crippen molar-refractivity contribution in [3.8, 4) is 0 Å². The monoisotopic (exact) mass is 897 g/mol. The summed E-state index contributed by atoms with van der Waals surface area (Å²) in [6.45, 7) is 12.4. The van der Waals surface area contributed by atoms with Gasteiger partial charge in [0.2, 0.25) is 11.8 Å². The van der Waals surface area contributed by atoms with Crippen molar-refractivity contribution in [3.63, 3.8) is 0 Å². The zero-order chi connectivity index (χ0) is 43.6. The number of aliphatic hydroxyl groups is 2. The Hall–Kier alpha value is -5.15. The van der Waals surface area contributed by atoms with Crippen LogP contribution in [0, 0.1) is 0 Å². The van der Waals surface area contributed by atoms with Crippen LogP contribution in [0.2, 0.25) is 0 Å². The van der Waals surface area contributed by atoms with Gasteiger partial charge >= 0.3 is 0 Å². The molecule has 8 rings (SSSR count). The summed E-state index contributed by atoms with van der Waals surface area (Å²) < 4.78 is 0. The molecule has 0 bridgehead atoms. The van der Waals surface area contributed by atoms with Crippen LogP contribution in [0.5, 0.6) is 0 Å². The van der Waals surface area contributed by atoms with Gasteiger partial charge in [-0.25, -0.2) is 30.0 Å². The fraction of sp³-hybridized carbons (Fsp3) is 0.400. The third kappa shape index (κ3) is 11.3. The molecule has 0 aliphatic carbocycles. The summed E-state index contributed by atoms with van der Waals surface area (Å²) in [6, 6.07) is 40.8. The molecule has 4 heterocycles. The van der Waals surface area contributed by atoms with E-state index >= 15 is 0 Å². The van der Waals surface area contributed by atoms with Gasteiger partial charge in [0, 0.05) is 57.1 Å². The normalized spacial score (nSPS) is 21.7. The van der Waals surface area contributed by atoms with Crippen molar-refractivity contribution in [2.45, 2.75) is 90.6 Å². The fourth-order valence-electron chi connectivity index (χ4n) is 8.82. The minimum atomic E-state index is -0.0172. The largest absolute Gasteiger partial charge is 0.492 e. The van der Waals surface area contributed by atoms with Crippen LogP contribution in [-0.2, 0) is 16.8 Å². The molecule has 2 saturated heterocycles. The van der Waals surface area contributed by atoms with Crippen molar-refractivity contribution in [3.05, 3.63) is 156 Å². The second-order valence-corrected chi connectivity index (χ2v) is 16.7. The third-order valence-corrected chi connectivity index (χ3v) is 12.4. The number of likely N-dealkylation sites (N-methyl/N-ethyl adjacent to an activating group) is 2. The number of nitrogens with zero attached hydrogens (tertiary/aromatic N) is 8. The maximum Gasteiger partial charge on any atom is 0.228 e. The van der Waals surface area contributed by atoms with Crippen molar-refractivity contribution in [2.24, 2.45) is 9.98 Å². The Kier molecular flexibility index (Phi) is 16.9. The quantitative estimate of drug-likeness (QED) is 0.0909. The van der Waals surface area contributed by atoms with E-state index in [0.29, 0.717) is 0 Å². The summed E-state index contributed by atoms with van der Waals surface area (Å²) in [5, 5.41) is 36.6. The van der Waals surface area contributed by atoms with Gasteiger partial charge in [-0.1, -0.05) is 110 Å². The van der Waals surface area contributed by atoms with E-state index in [9.17, 15) is 10.2 Å². The van der Waals surface area contributed by atoms with Crippen LogP contribution < -0.4 is 20.7 Å². The second-order valence-electron chi connectivity index (χ2n) is 16.7. The molecule has 0 spiro atoms. The minimum Gasteiger partial charge on any atom is -0.492 e. The molecule has 13 heteroatoms. The van der Waals surface area contributed by atoms with Crippen molar-refractivity contribution in [2.75, 3.05) is 50.3 Å². The number of nitrogens with one attached hydrogen (secondary N) is 2. The molecule has 0 aromatic heterocycles. The number of anilines is 2. The van der Waals surface area contributed by atoms with Crippen molar-refractivity contribution < 1.29 is 27.0 Å². The maximum atomic E-state index is 11.0. The first kappa shape index (κ1) is 47.3.